The number of hydrogen-bond acceptors (Lipinski definition) is 2. The molecule has 1 heterocycles. The highest BCUT2D eigenvalue weighted by molar-refractivity contribution is 7.17. The van der Waals surface area contributed by atoms with Crippen molar-refractivity contribution in [3.8, 4) is 0 Å². The van der Waals surface area contributed by atoms with Crippen molar-refractivity contribution in [2.75, 3.05) is 6.54 Å². The highest BCUT2D eigenvalue weighted by atomic mass is 32.1. The molecule has 0 saturated heterocycles. The first-order valence-corrected chi connectivity index (χ1v) is 7.61. The quantitative estimate of drug-likeness (QED) is 0.775. The van der Waals surface area contributed by atoms with Crippen LogP contribution < -0.4 is 5.32 Å². The van der Waals surface area contributed by atoms with Crippen molar-refractivity contribution in [3.05, 3.63) is 70.9 Å². The van der Waals surface area contributed by atoms with Crippen LogP contribution in [0, 0.1) is 5.82 Å². The number of nitrogens with one attached hydrogen (secondary N) is 1. The van der Waals surface area contributed by atoms with Gasteiger partial charge in [-0.05, 0) is 53.1 Å². The Hall–Kier alpha value is -2.20. The van der Waals surface area contributed by atoms with Crippen LogP contribution >= 0.6 is 11.3 Å². The van der Waals surface area contributed by atoms with E-state index in [4.69, 9.17) is 0 Å². The normalized spacial score (nSPS) is 10.7. The predicted octanol–water partition coefficient (Wildman–Crippen LogP) is 4.01. The van der Waals surface area contributed by atoms with Crippen molar-refractivity contribution in [3.63, 3.8) is 0 Å². The van der Waals surface area contributed by atoms with E-state index >= 15 is 0 Å². The van der Waals surface area contributed by atoms with E-state index in [1.54, 1.807) is 11.3 Å². The van der Waals surface area contributed by atoms with Gasteiger partial charge in [-0.25, -0.2) is 4.39 Å². The van der Waals surface area contributed by atoms with E-state index in [-0.39, 0.29) is 11.7 Å². The molecular formula is C17H14FNOS. The van der Waals surface area contributed by atoms with E-state index in [2.05, 4.69) is 22.8 Å². The van der Waals surface area contributed by atoms with E-state index in [0.29, 0.717) is 12.1 Å². The van der Waals surface area contributed by atoms with Crippen molar-refractivity contribution < 1.29 is 9.18 Å². The van der Waals surface area contributed by atoms with Crippen LogP contribution in [0.2, 0.25) is 0 Å². The molecule has 1 N–H and O–H groups in total. The molecule has 0 aliphatic carbocycles. The summed E-state index contributed by atoms with van der Waals surface area (Å²) in [7, 11) is 0. The Kier molecular flexibility index (Phi) is 3.97. The fraction of sp³-hybridized carbons (Fsp3) is 0.118. The van der Waals surface area contributed by atoms with E-state index in [1.165, 1.54) is 39.9 Å². The summed E-state index contributed by atoms with van der Waals surface area (Å²) < 4.78 is 14.1. The summed E-state index contributed by atoms with van der Waals surface area (Å²) in [6, 6.07) is 13.8. The Balaban J connectivity index is 1.61. The monoisotopic (exact) mass is 299 g/mol. The number of benzene rings is 2. The van der Waals surface area contributed by atoms with Gasteiger partial charge >= 0.3 is 0 Å². The second-order valence-electron chi connectivity index (χ2n) is 4.77. The Morgan fingerprint density at radius 3 is 2.67 bits per heavy atom. The van der Waals surface area contributed by atoms with Crippen LogP contribution in [0.5, 0.6) is 0 Å². The lowest BCUT2D eigenvalue weighted by Crippen LogP contribution is -2.25. The zero-order chi connectivity index (χ0) is 14.7. The number of fused-ring (bicyclic) bond motifs is 1. The van der Waals surface area contributed by atoms with Gasteiger partial charge in [-0.2, -0.15) is 0 Å². The summed E-state index contributed by atoms with van der Waals surface area (Å²) in [5, 5.41) is 6.25. The molecule has 2 aromatic carbocycles. The first-order chi connectivity index (χ1) is 10.2. The predicted molar refractivity (Wildman–Crippen MR) is 84.3 cm³/mol. The third kappa shape index (κ3) is 3.11. The summed E-state index contributed by atoms with van der Waals surface area (Å²) in [5.74, 6) is -0.508. The number of thiophene rings is 1. The molecule has 3 rings (SSSR count). The van der Waals surface area contributed by atoms with Gasteiger partial charge < -0.3 is 5.32 Å². The van der Waals surface area contributed by atoms with Crippen LogP contribution in [0.1, 0.15) is 15.9 Å². The molecule has 21 heavy (non-hydrogen) atoms. The molecule has 0 aliphatic heterocycles. The molecule has 0 bridgehead atoms. The zero-order valence-electron chi connectivity index (χ0n) is 11.3. The van der Waals surface area contributed by atoms with Crippen molar-refractivity contribution in [1.29, 1.82) is 0 Å². The molecule has 0 radical (unpaired) electrons. The molecule has 1 aromatic heterocycles. The van der Waals surface area contributed by atoms with Gasteiger partial charge in [-0.15, -0.1) is 11.3 Å². The van der Waals surface area contributed by atoms with Gasteiger partial charge in [0.2, 0.25) is 0 Å². The Labute approximate surface area is 126 Å². The SMILES string of the molecule is O=C(NCCc1csc2ccccc12)c1ccc(F)cc1. The van der Waals surface area contributed by atoms with Crippen LogP contribution in [0.3, 0.4) is 0 Å². The molecule has 0 spiro atoms. The zero-order valence-corrected chi connectivity index (χ0v) is 12.1. The van der Waals surface area contributed by atoms with Gasteiger partial charge in [0, 0.05) is 16.8 Å². The molecule has 0 unspecified atom stereocenters. The van der Waals surface area contributed by atoms with Gasteiger partial charge in [0.25, 0.3) is 5.91 Å². The maximum Gasteiger partial charge on any atom is 0.251 e. The lowest BCUT2D eigenvalue weighted by atomic mass is 10.1. The number of rotatable bonds is 4. The van der Waals surface area contributed by atoms with Crippen LogP contribution in [0.4, 0.5) is 4.39 Å². The number of carbonyl (C=O) groups excluding carboxylic acids is 1. The summed E-state index contributed by atoms with van der Waals surface area (Å²) >= 11 is 1.72. The third-order valence-corrected chi connectivity index (χ3v) is 4.36. The highest BCUT2D eigenvalue weighted by Gasteiger charge is 2.06. The molecule has 106 valence electrons. The maximum atomic E-state index is 12.8. The second-order valence-corrected chi connectivity index (χ2v) is 5.68. The van der Waals surface area contributed by atoms with Gasteiger partial charge in [-0.1, -0.05) is 18.2 Å². The number of hydrogen-bond donors (Lipinski definition) is 1. The Bertz CT molecular complexity index is 764. The van der Waals surface area contributed by atoms with E-state index in [9.17, 15) is 9.18 Å². The van der Waals surface area contributed by atoms with E-state index in [1.807, 2.05) is 12.1 Å². The maximum absolute atomic E-state index is 12.8. The van der Waals surface area contributed by atoms with E-state index in [0.717, 1.165) is 6.42 Å². The summed E-state index contributed by atoms with van der Waals surface area (Å²) in [6.45, 7) is 0.566. The minimum absolute atomic E-state index is 0.172. The van der Waals surface area contributed by atoms with Crippen molar-refractivity contribution in [2.24, 2.45) is 0 Å². The largest absolute Gasteiger partial charge is 0.352 e. The van der Waals surface area contributed by atoms with Crippen LogP contribution in [-0.2, 0) is 6.42 Å². The van der Waals surface area contributed by atoms with Crippen molar-refractivity contribution >= 4 is 27.3 Å². The van der Waals surface area contributed by atoms with Gasteiger partial charge in [0.1, 0.15) is 5.82 Å². The molecule has 4 heteroatoms. The van der Waals surface area contributed by atoms with Gasteiger partial charge in [0.15, 0.2) is 0 Å². The molecule has 2 nitrogen and oxygen atoms in total. The molecule has 0 saturated carbocycles. The number of halogens is 1. The van der Waals surface area contributed by atoms with Crippen molar-refractivity contribution in [1.82, 2.24) is 5.32 Å². The Morgan fingerprint density at radius 1 is 1.10 bits per heavy atom. The molecule has 0 fully saturated rings. The molecule has 1 amide bonds. The van der Waals surface area contributed by atoms with Crippen LogP contribution in [0.25, 0.3) is 10.1 Å². The number of amides is 1. The minimum Gasteiger partial charge on any atom is -0.352 e. The first kappa shape index (κ1) is 13.8. The molecular weight excluding hydrogens is 285 g/mol. The number of carbonyl (C=O) groups is 1. The van der Waals surface area contributed by atoms with Crippen LogP contribution in [0.15, 0.2) is 53.9 Å². The lowest BCUT2D eigenvalue weighted by Gasteiger charge is -2.05. The average molecular weight is 299 g/mol. The van der Waals surface area contributed by atoms with Gasteiger partial charge in [0.05, 0.1) is 0 Å². The fourth-order valence-electron chi connectivity index (χ4n) is 2.24. The molecule has 0 aliphatic rings. The second kappa shape index (κ2) is 6.06. The third-order valence-electron chi connectivity index (χ3n) is 3.35. The lowest BCUT2D eigenvalue weighted by molar-refractivity contribution is 0.0954. The highest BCUT2D eigenvalue weighted by Crippen LogP contribution is 2.25. The first-order valence-electron chi connectivity index (χ1n) is 6.73. The molecule has 0 atom stereocenters. The Morgan fingerprint density at radius 2 is 1.86 bits per heavy atom. The summed E-state index contributed by atoms with van der Waals surface area (Å²) in [6.07, 6.45) is 0.789. The summed E-state index contributed by atoms with van der Waals surface area (Å²) in [4.78, 5) is 11.9. The van der Waals surface area contributed by atoms with Crippen molar-refractivity contribution in [2.45, 2.75) is 6.42 Å². The minimum atomic E-state index is -0.337. The topological polar surface area (TPSA) is 29.1 Å². The van der Waals surface area contributed by atoms with Crippen LogP contribution in [-0.4, -0.2) is 12.5 Å². The van der Waals surface area contributed by atoms with Gasteiger partial charge in [-0.3, -0.25) is 4.79 Å². The molecule has 3 aromatic rings. The summed E-state index contributed by atoms with van der Waals surface area (Å²) in [5.41, 5.74) is 1.72. The standard InChI is InChI=1S/C17H14FNOS/c18-14-7-5-12(6-8-14)17(20)19-10-9-13-11-21-16-4-2-1-3-15(13)16/h1-8,11H,9-10H2,(H,19,20). The fourth-order valence-corrected chi connectivity index (χ4v) is 3.24. The smallest absolute Gasteiger partial charge is 0.251 e. The average Bonchev–Trinajstić information content (AvgIpc) is 2.91. The van der Waals surface area contributed by atoms with E-state index < -0.39 is 0 Å².